The van der Waals surface area contributed by atoms with Gasteiger partial charge in [-0.1, -0.05) is 31.5 Å². The second-order valence-corrected chi connectivity index (χ2v) is 6.48. The topological polar surface area (TPSA) is 37.8 Å². The zero-order valence-corrected chi connectivity index (χ0v) is 13.8. The van der Waals surface area contributed by atoms with Crippen LogP contribution in [0.25, 0.3) is 10.9 Å². The lowest BCUT2D eigenvalue weighted by Gasteiger charge is -2.12. The molecule has 1 aromatic carbocycles. The molecule has 2 aromatic rings. The number of para-hydroxylation sites is 1. The molecule has 2 rings (SSSR count). The van der Waals surface area contributed by atoms with Crippen molar-refractivity contribution >= 4 is 22.7 Å². The van der Waals surface area contributed by atoms with Crippen molar-refractivity contribution in [3.05, 3.63) is 30.6 Å². The summed E-state index contributed by atoms with van der Waals surface area (Å²) in [7, 11) is 0. The van der Waals surface area contributed by atoms with Gasteiger partial charge in [0.2, 0.25) is 0 Å². The molecule has 1 atom stereocenters. The van der Waals surface area contributed by atoms with Gasteiger partial charge < -0.3 is 5.32 Å². The van der Waals surface area contributed by atoms with E-state index < -0.39 is 0 Å². The van der Waals surface area contributed by atoms with Gasteiger partial charge in [-0.3, -0.25) is 0 Å². The van der Waals surface area contributed by atoms with Crippen molar-refractivity contribution < 1.29 is 0 Å². The Kier molecular flexibility index (Phi) is 6.96. The minimum Gasteiger partial charge on any atom is -0.314 e. The summed E-state index contributed by atoms with van der Waals surface area (Å²) >= 11 is 1.85. The Morgan fingerprint density at radius 1 is 1.19 bits per heavy atom. The molecule has 0 saturated heterocycles. The molecule has 0 bridgehead atoms. The van der Waals surface area contributed by atoms with E-state index in [1.165, 1.54) is 31.1 Å². The first kappa shape index (κ1) is 16.2. The van der Waals surface area contributed by atoms with Gasteiger partial charge in [0.1, 0.15) is 11.4 Å². The second-order valence-electron chi connectivity index (χ2n) is 5.40. The van der Waals surface area contributed by atoms with Crippen molar-refractivity contribution in [2.75, 3.05) is 12.3 Å². The molecular formula is C17H25N3S. The van der Waals surface area contributed by atoms with E-state index in [0.29, 0.717) is 6.04 Å². The summed E-state index contributed by atoms with van der Waals surface area (Å²) in [5.74, 6) is 1.13. The van der Waals surface area contributed by atoms with Gasteiger partial charge >= 0.3 is 0 Å². The fraction of sp³-hybridized carbons (Fsp3) is 0.529. The van der Waals surface area contributed by atoms with Gasteiger partial charge in [0.25, 0.3) is 0 Å². The van der Waals surface area contributed by atoms with Gasteiger partial charge in [0.05, 0.1) is 5.52 Å². The van der Waals surface area contributed by atoms with Crippen LogP contribution in [0.4, 0.5) is 0 Å². The van der Waals surface area contributed by atoms with E-state index in [0.717, 1.165) is 22.8 Å². The number of aromatic nitrogens is 2. The summed E-state index contributed by atoms with van der Waals surface area (Å²) < 4.78 is 0. The van der Waals surface area contributed by atoms with Crippen molar-refractivity contribution in [2.24, 2.45) is 0 Å². The van der Waals surface area contributed by atoms with E-state index in [2.05, 4.69) is 41.3 Å². The summed E-state index contributed by atoms with van der Waals surface area (Å²) in [6.07, 6.45) is 6.64. The molecule has 0 amide bonds. The third-order valence-corrected chi connectivity index (χ3v) is 4.61. The summed E-state index contributed by atoms with van der Waals surface area (Å²) in [4.78, 5) is 8.72. The highest BCUT2D eigenvalue weighted by Gasteiger charge is 2.04. The maximum Gasteiger partial charge on any atom is 0.117 e. The van der Waals surface area contributed by atoms with Crippen LogP contribution in [0.1, 0.15) is 39.5 Å². The number of thioether (sulfide) groups is 1. The molecular weight excluding hydrogens is 278 g/mol. The average Bonchev–Trinajstić information content (AvgIpc) is 2.52. The van der Waals surface area contributed by atoms with E-state index in [-0.39, 0.29) is 0 Å². The smallest absolute Gasteiger partial charge is 0.117 e. The molecule has 3 nitrogen and oxygen atoms in total. The number of benzene rings is 1. The number of hydrogen-bond acceptors (Lipinski definition) is 4. The van der Waals surface area contributed by atoms with Crippen LogP contribution in [0.5, 0.6) is 0 Å². The molecule has 1 N–H and O–H groups in total. The quantitative estimate of drug-likeness (QED) is 0.426. The molecule has 114 valence electrons. The van der Waals surface area contributed by atoms with Crippen LogP contribution in [0.3, 0.4) is 0 Å². The molecule has 1 heterocycles. The fourth-order valence-corrected chi connectivity index (χ4v) is 3.30. The first-order chi connectivity index (χ1) is 10.3. The van der Waals surface area contributed by atoms with Crippen LogP contribution >= 0.6 is 11.8 Å². The summed E-state index contributed by atoms with van der Waals surface area (Å²) in [5, 5.41) is 5.82. The molecule has 4 heteroatoms. The van der Waals surface area contributed by atoms with Gasteiger partial charge in [0.15, 0.2) is 0 Å². The molecule has 0 aliphatic carbocycles. The number of fused-ring (bicyclic) bond motifs is 1. The van der Waals surface area contributed by atoms with Crippen molar-refractivity contribution in [3.63, 3.8) is 0 Å². The van der Waals surface area contributed by atoms with Gasteiger partial charge in [-0.25, -0.2) is 9.97 Å². The minimum atomic E-state index is 0.634. The second kappa shape index (κ2) is 9.00. The highest BCUT2D eigenvalue weighted by atomic mass is 32.2. The van der Waals surface area contributed by atoms with Crippen LogP contribution in [0, 0.1) is 0 Å². The van der Waals surface area contributed by atoms with E-state index in [1.807, 2.05) is 23.9 Å². The Labute approximate surface area is 132 Å². The first-order valence-electron chi connectivity index (χ1n) is 7.87. The van der Waals surface area contributed by atoms with Crippen LogP contribution in [-0.2, 0) is 0 Å². The molecule has 1 aromatic heterocycles. The molecule has 0 aliphatic heterocycles. The largest absolute Gasteiger partial charge is 0.314 e. The molecule has 21 heavy (non-hydrogen) atoms. The predicted molar refractivity (Wildman–Crippen MR) is 91.9 cm³/mol. The molecule has 0 spiro atoms. The summed E-state index contributed by atoms with van der Waals surface area (Å²) in [6, 6.07) is 8.86. The third-order valence-electron chi connectivity index (χ3n) is 3.52. The SMILES string of the molecule is CCCNC(C)CCCCSc1ncnc2ccccc12. The molecule has 1 unspecified atom stereocenters. The van der Waals surface area contributed by atoms with Crippen molar-refractivity contribution in [2.45, 2.75) is 50.6 Å². The van der Waals surface area contributed by atoms with Crippen LogP contribution in [0.15, 0.2) is 35.6 Å². The first-order valence-corrected chi connectivity index (χ1v) is 8.85. The number of nitrogens with zero attached hydrogens (tertiary/aromatic N) is 2. The molecule has 0 radical (unpaired) electrons. The number of unbranched alkanes of at least 4 members (excludes halogenated alkanes) is 1. The van der Waals surface area contributed by atoms with Crippen LogP contribution < -0.4 is 5.32 Å². The monoisotopic (exact) mass is 303 g/mol. The van der Waals surface area contributed by atoms with E-state index in [9.17, 15) is 0 Å². The number of rotatable bonds is 9. The standard InChI is InChI=1S/C17H25N3S/c1-3-11-18-14(2)8-6-7-12-21-17-15-9-4-5-10-16(15)19-13-20-17/h4-5,9-10,13-14,18H,3,6-8,11-12H2,1-2H3. The summed E-state index contributed by atoms with van der Waals surface area (Å²) in [6.45, 7) is 5.62. The molecule has 0 aliphatic rings. The van der Waals surface area contributed by atoms with Crippen molar-refractivity contribution in [1.29, 1.82) is 0 Å². The number of hydrogen-bond donors (Lipinski definition) is 1. The van der Waals surface area contributed by atoms with Gasteiger partial charge in [-0.05, 0) is 44.6 Å². The highest BCUT2D eigenvalue weighted by molar-refractivity contribution is 7.99. The summed E-state index contributed by atoms with van der Waals surface area (Å²) in [5.41, 5.74) is 1.03. The van der Waals surface area contributed by atoms with Gasteiger partial charge in [0, 0.05) is 11.4 Å². The van der Waals surface area contributed by atoms with E-state index in [1.54, 1.807) is 6.33 Å². The van der Waals surface area contributed by atoms with E-state index in [4.69, 9.17) is 0 Å². The van der Waals surface area contributed by atoms with Crippen LogP contribution in [-0.4, -0.2) is 28.3 Å². The van der Waals surface area contributed by atoms with Crippen molar-refractivity contribution in [3.8, 4) is 0 Å². The lowest BCUT2D eigenvalue weighted by atomic mass is 10.1. The minimum absolute atomic E-state index is 0.634. The fourth-order valence-electron chi connectivity index (χ4n) is 2.31. The lowest BCUT2D eigenvalue weighted by Crippen LogP contribution is -2.26. The van der Waals surface area contributed by atoms with Gasteiger partial charge in [-0.15, -0.1) is 11.8 Å². The lowest BCUT2D eigenvalue weighted by molar-refractivity contribution is 0.496. The highest BCUT2D eigenvalue weighted by Crippen LogP contribution is 2.25. The maximum absolute atomic E-state index is 4.42. The maximum atomic E-state index is 4.42. The average molecular weight is 303 g/mol. The van der Waals surface area contributed by atoms with Crippen molar-refractivity contribution in [1.82, 2.24) is 15.3 Å². The third kappa shape index (κ3) is 5.29. The normalized spacial score (nSPS) is 12.7. The van der Waals surface area contributed by atoms with Gasteiger partial charge in [-0.2, -0.15) is 0 Å². The Hall–Kier alpha value is -1.13. The zero-order valence-electron chi connectivity index (χ0n) is 13.0. The van der Waals surface area contributed by atoms with E-state index >= 15 is 0 Å². The Morgan fingerprint density at radius 3 is 2.90 bits per heavy atom. The predicted octanol–water partition coefficient (Wildman–Crippen LogP) is 4.28. The Bertz CT molecular complexity index is 539. The zero-order chi connectivity index (χ0) is 14.9. The Morgan fingerprint density at radius 2 is 2.05 bits per heavy atom. The number of nitrogens with one attached hydrogen (secondary N) is 1. The van der Waals surface area contributed by atoms with Crippen LogP contribution in [0.2, 0.25) is 0 Å². The Balaban J connectivity index is 1.73. The molecule has 0 fully saturated rings. The molecule has 0 saturated carbocycles.